The van der Waals surface area contributed by atoms with Gasteiger partial charge in [0.1, 0.15) is 11.3 Å². The number of benzene rings is 3. The van der Waals surface area contributed by atoms with Gasteiger partial charge in [0, 0.05) is 32.0 Å². The summed E-state index contributed by atoms with van der Waals surface area (Å²) in [4.78, 5) is 50.2. The number of aromatic hydroxyl groups is 1. The fraction of sp³-hybridized carbons (Fsp3) is 0.282. The lowest BCUT2D eigenvalue weighted by Gasteiger charge is -2.25. The predicted octanol–water partition coefficient (Wildman–Crippen LogP) is 9.44. The second-order valence-corrected chi connectivity index (χ2v) is 19.3. The van der Waals surface area contributed by atoms with Crippen LogP contribution in [0.1, 0.15) is 43.9 Å². The van der Waals surface area contributed by atoms with E-state index >= 15 is 0 Å². The van der Waals surface area contributed by atoms with E-state index in [1.54, 1.807) is 45.0 Å². The van der Waals surface area contributed by atoms with Gasteiger partial charge >= 0.3 is 12.1 Å². The molecule has 1 saturated heterocycles. The zero-order chi connectivity index (χ0) is 44.1. The van der Waals surface area contributed by atoms with E-state index in [1.165, 1.54) is 12.2 Å². The number of Topliss-reactive ketones (excluding diaryl/α,β-unsaturated/α-hetero) is 1. The number of ether oxygens (including phenoxy) is 4. The highest BCUT2D eigenvalue weighted by Gasteiger charge is 2.46. The molecule has 2 aliphatic rings. The van der Waals surface area contributed by atoms with Gasteiger partial charge in [-0.05, 0) is 188 Å². The maximum absolute atomic E-state index is 13.1. The summed E-state index contributed by atoms with van der Waals surface area (Å²) in [7, 11) is 0. The fourth-order valence-electron chi connectivity index (χ4n) is 5.78. The first-order valence-corrected chi connectivity index (χ1v) is 22.4. The summed E-state index contributed by atoms with van der Waals surface area (Å²) in [5.41, 5.74) is -0.285. The third kappa shape index (κ3) is 12.0. The second-order valence-electron chi connectivity index (χ2n) is 14.2. The Labute approximate surface area is 393 Å². The van der Waals surface area contributed by atoms with Gasteiger partial charge in [0.05, 0.1) is 26.8 Å². The van der Waals surface area contributed by atoms with Crippen LogP contribution in [-0.4, -0.2) is 75.0 Å². The number of halogens is 6. The van der Waals surface area contributed by atoms with Gasteiger partial charge in [0.2, 0.25) is 5.78 Å². The van der Waals surface area contributed by atoms with E-state index < -0.39 is 35.0 Å². The first-order valence-electron chi connectivity index (χ1n) is 17.6. The molecule has 1 unspecified atom stereocenters. The van der Waals surface area contributed by atoms with E-state index in [0.29, 0.717) is 58.6 Å². The Balaban J connectivity index is 1.19. The zero-order valence-corrected chi connectivity index (χ0v) is 41.1. The molecule has 15 nitrogen and oxygen atoms in total. The Kier molecular flexibility index (Phi) is 15.7. The molecule has 1 fully saturated rings. The minimum Gasteiger partial charge on any atom is -0.503 e. The highest BCUT2D eigenvalue weighted by atomic mass is 79.9. The second kappa shape index (κ2) is 20.0. The van der Waals surface area contributed by atoms with Crippen molar-refractivity contribution in [3.05, 3.63) is 97.8 Å². The molecule has 1 spiro atoms. The lowest BCUT2D eigenvalue weighted by Crippen LogP contribution is -2.33. The van der Waals surface area contributed by atoms with Crippen molar-refractivity contribution in [3.63, 3.8) is 0 Å². The third-order valence-electron chi connectivity index (χ3n) is 8.43. The van der Waals surface area contributed by atoms with Crippen LogP contribution in [0.15, 0.2) is 91.5 Å². The topological polar surface area (TPSA) is 215 Å². The Morgan fingerprint density at radius 3 is 1.92 bits per heavy atom. The number of alkyl carbamates (subject to hydrolysis) is 1. The number of carbonyl (C=O) groups excluding carboxylic acids is 4. The Morgan fingerprint density at radius 2 is 1.35 bits per heavy atom. The normalized spacial score (nSPS) is 17.3. The summed E-state index contributed by atoms with van der Waals surface area (Å²) in [5, 5.41) is 41.4. The minimum absolute atomic E-state index is 0.0739. The average molecular weight is 1210 g/mol. The van der Waals surface area contributed by atoms with Crippen LogP contribution in [-0.2, 0) is 43.1 Å². The molecule has 60 heavy (non-hydrogen) atoms. The lowest BCUT2D eigenvalue weighted by molar-refractivity contribution is -0.139. The maximum Gasteiger partial charge on any atom is 0.407 e. The molecule has 21 heteroatoms. The van der Waals surface area contributed by atoms with Gasteiger partial charge in [-0.3, -0.25) is 9.59 Å². The maximum atomic E-state index is 13.1. The summed E-state index contributed by atoms with van der Waals surface area (Å²) in [6.45, 7) is 5.84. The lowest BCUT2D eigenvalue weighted by atomic mass is 9.92. The van der Waals surface area contributed by atoms with Gasteiger partial charge in [-0.25, -0.2) is 9.59 Å². The summed E-state index contributed by atoms with van der Waals surface area (Å²) in [6.07, 6.45) is 2.81. The molecule has 1 aliphatic heterocycles. The van der Waals surface area contributed by atoms with Crippen molar-refractivity contribution < 1.29 is 53.6 Å². The first kappa shape index (κ1) is 47.3. The molecule has 3 aromatic rings. The molecule has 2 amide bonds. The summed E-state index contributed by atoms with van der Waals surface area (Å²) in [6, 6.07) is 10.2. The number of hydrogen-bond donors (Lipinski definition) is 5. The largest absolute Gasteiger partial charge is 0.503 e. The molecule has 5 rings (SSSR count). The number of amides is 2. The van der Waals surface area contributed by atoms with Crippen LogP contribution in [0.4, 0.5) is 4.79 Å². The van der Waals surface area contributed by atoms with Crippen LogP contribution in [0, 0.1) is 0 Å². The number of phenols is 1. The summed E-state index contributed by atoms with van der Waals surface area (Å²) in [5.74, 6) is -1.58. The molecule has 1 aliphatic carbocycles. The van der Waals surface area contributed by atoms with Crippen LogP contribution in [0.5, 0.6) is 23.0 Å². The molecule has 0 bridgehead atoms. The van der Waals surface area contributed by atoms with Crippen molar-refractivity contribution in [3.8, 4) is 23.0 Å². The standard InChI is InChI=1S/C39H34Br6N4O11/c1-38(2,3)60-37(54)47-7-5-18-9-22(41)33(23(42)10-18)57-29-14-19(8-21(40)31(29)50)4-6-46-35(52)27(48-55)13-20-11-24(43)34(25(44)12-20)58-30-17-39(15-26(45)32(30)51)16-28(49-56)36(53)59-39/h8-12,14-15,17,50,55-56H,4-7,13,16H2,1-3H3,(H,46,52)(H,47,54)/b48-27+,49-28-. The molecule has 318 valence electrons. The van der Waals surface area contributed by atoms with Crippen molar-refractivity contribution in [2.75, 3.05) is 13.1 Å². The SMILES string of the molecule is CC(C)(C)OC(=O)NCCc1cc(Br)c(Oc2cc(CCNC(=O)/C(Cc3cc(Br)c(OC4=CC5(C=C(Br)C4=O)C/C(=N/O)C(=O)O5)c(Br)c3)=N/O)cc(Br)c2O)c(Br)c1. The molecular weight excluding hydrogens is 1180 g/mol. The van der Waals surface area contributed by atoms with Crippen molar-refractivity contribution in [1.29, 1.82) is 0 Å². The Bertz CT molecular complexity index is 2330. The van der Waals surface area contributed by atoms with E-state index in [0.717, 1.165) is 5.56 Å². The van der Waals surface area contributed by atoms with Gasteiger partial charge in [-0.15, -0.1) is 0 Å². The Morgan fingerprint density at radius 1 is 0.800 bits per heavy atom. The van der Waals surface area contributed by atoms with E-state index in [-0.39, 0.29) is 58.3 Å². The number of phenolic OH excluding ortho intramolecular Hbond substituents is 1. The number of nitrogens with one attached hydrogen (secondary N) is 2. The number of esters is 1. The highest BCUT2D eigenvalue weighted by molar-refractivity contribution is 9.12. The molecular formula is C39H34Br6N4O11. The molecule has 1 atom stereocenters. The quantitative estimate of drug-likeness (QED) is 0.0470. The Hall–Kier alpha value is -3.76. The fourth-order valence-corrected chi connectivity index (χ4v) is 9.74. The number of oxime groups is 2. The van der Waals surface area contributed by atoms with E-state index in [2.05, 4.69) is 117 Å². The van der Waals surface area contributed by atoms with Crippen LogP contribution < -0.4 is 20.1 Å². The van der Waals surface area contributed by atoms with Crippen LogP contribution >= 0.6 is 95.6 Å². The van der Waals surface area contributed by atoms with Gasteiger partial charge < -0.3 is 45.1 Å². The number of hydrogen-bond acceptors (Lipinski definition) is 13. The van der Waals surface area contributed by atoms with E-state index in [1.807, 2.05) is 12.1 Å². The van der Waals surface area contributed by atoms with Crippen LogP contribution in [0.25, 0.3) is 0 Å². The minimum atomic E-state index is -1.40. The highest BCUT2D eigenvalue weighted by Crippen LogP contribution is 2.44. The summed E-state index contributed by atoms with van der Waals surface area (Å²) < 4.78 is 25.1. The van der Waals surface area contributed by atoms with Gasteiger partial charge in [0.25, 0.3) is 5.91 Å². The van der Waals surface area contributed by atoms with Gasteiger partial charge in [0.15, 0.2) is 40.1 Å². The molecule has 5 N–H and O–H groups in total. The smallest absolute Gasteiger partial charge is 0.407 e. The molecule has 0 saturated carbocycles. The van der Waals surface area contributed by atoms with E-state index in [4.69, 9.17) is 24.2 Å². The predicted molar refractivity (Wildman–Crippen MR) is 241 cm³/mol. The van der Waals surface area contributed by atoms with Crippen molar-refractivity contribution in [1.82, 2.24) is 10.6 Å². The monoisotopic (exact) mass is 1210 g/mol. The molecule has 0 radical (unpaired) electrons. The number of ketones is 1. The van der Waals surface area contributed by atoms with Crippen molar-refractivity contribution in [2.24, 2.45) is 10.3 Å². The molecule has 0 aromatic heterocycles. The molecule has 1 heterocycles. The van der Waals surface area contributed by atoms with Crippen molar-refractivity contribution in [2.45, 2.75) is 57.7 Å². The van der Waals surface area contributed by atoms with Gasteiger partial charge in [-0.2, -0.15) is 0 Å². The first-order chi connectivity index (χ1) is 28.2. The number of rotatable bonds is 13. The average Bonchev–Trinajstić information content (AvgIpc) is 3.46. The van der Waals surface area contributed by atoms with E-state index in [9.17, 15) is 29.5 Å². The zero-order valence-electron chi connectivity index (χ0n) is 31.6. The number of nitrogens with zero attached hydrogens (tertiary/aromatic N) is 2. The third-order valence-corrected chi connectivity index (χ3v) is 12.0. The van der Waals surface area contributed by atoms with Crippen LogP contribution in [0.2, 0.25) is 0 Å². The van der Waals surface area contributed by atoms with Crippen LogP contribution in [0.3, 0.4) is 0 Å². The van der Waals surface area contributed by atoms with Crippen molar-refractivity contribution >= 4 is 131 Å². The number of allylic oxidation sites excluding steroid dienone is 1. The number of carbonyl (C=O) groups is 4. The molecule has 3 aromatic carbocycles. The summed E-state index contributed by atoms with van der Waals surface area (Å²) >= 11 is 20.5. The van der Waals surface area contributed by atoms with Gasteiger partial charge in [-0.1, -0.05) is 10.3 Å².